The molecule has 0 spiro atoms. The molecule has 5 nitrogen and oxygen atoms in total. The van der Waals surface area contributed by atoms with E-state index in [9.17, 15) is 0 Å². The van der Waals surface area contributed by atoms with Crippen LogP contribution in [0.4, 0.5) is 5.69 Å². The number of pyridine rings is 1. The number of aromatic amines is 1. The quantitative estimate of drug-likeness (QED) is 0.503. The number of hydrogen-bond acceptors (Lipinski definition) is 4. The summed E-state index contributed by atoms with van der Waals surface area (Å²) in [7, 11) is 0. The van der Waals surface area contributed by atoms with E-state index in [2.05, 4.69) is 57.8 Å². The van der Waals surface area contributed by atoms with Crippen LogP contribution in [0.3, 0.4) is 0 Å². The maximum atomic E-state index is 4.42. The lowest BCUT2D eigenvalue weighted by Crippen LogP contribution is -1.89. The van der Waals surface area contributed by atoms with Crippen LogP contribution in [0.15, 0.2) is 71.5 Å². The standard InChI is InChI=1S/C21H19N5/c1-13(8-9-22-4)14(2)18-10-16(6-7-20(18)23-5)17-11-19-15(3)25-26-21(19)24-12-17/h6-12H,1-2,4-5H2,3H3,(H,24,25,26)/b9-8-. The van der Waals surface area contributed by atoms with Gasteiger partial charge in [0.1, 0.15) is 0 Å². The average Bonchev–Trinajstić information content (AvgIpc) is 3.05. The minimum atomic E-state index is 0.704. The SMILES string of the molecule is C=N/C=C\C(=C)C(=C)c1cc(-c2cnc3n[nH]c(C)c3c2)ccc1N=C. The number of aryl methyl sites for hydroxylation is 1. The van der Waals surface area contributed by atoms with Crippen LogP contribution in [0.2, 0.25) is 0 Å². The summed E-state index contributed by atoms with van der Waals surface area (Å²) in [5, 5.41) is 8.12. The van der Waals surface area contributed by atoms with E-state index in [4.69, 9.17) is 0 Å². The molecule has 0 amide bonds. The van der Waals surface area contributed by atoms with Crippen molar-refractivity contribution in [3.8, 4) is 11.1 Å². The second kappa shape index (κ2) is 7.11. The molecule has 1 N–H and O–H groups in total. The molecule has 0 saturated carbocycles. The van der Waals surface area contributed by atoms with Crippen LogP contribution >= 0.6 is 0 Å². The zero-order valence-electron chi connectivity index (χ0n) is 14.7. The fraction of sp³-hybridized carbons (Fsp3) is 0.0476. The number of hydrogen-bond donors (Lipinski definition) is 1. The van der Waals surface area contributed by atoms with Gasteiger partial charge in [0.2, 0.25) is 0 Å². The molecule has 0 aliphatic carbocycles. The van der Waals surface area contributed by atoms with Crippen LogP contribution in [0, 0.1) is 6.92 Å². The van der Waals surface area contributed by atoms with Gasteiger partial charge in [0.25, 0.3) is 0 Å². The third-order valence-electron chi connectivity index (χ3n) is 4.19. The molecule has 3 rings (SSSR count). The lowest BCUT2D eigenvalue weighted by molar-refractivity contribution is 1.05. The van der Waals surface area contributed by atoms with Crippen LogP contribution in [0.5, 0.6) is 0 Å². The first-order valence-electron chi connectivity index (χ1n) is 7.98. The number of benzene rings is 1. The summed E-state index contributed by atoms with van der Waals surface area (Å²) in [6.45, 7) is 17.2. The van der Waals surface area contributed by atoms with Gasteiger partial charge in [0.05, 0.1) is 5.69 Å². The number of allylic oxidation sites excluding steroid dienone is 3. The number of rotatable bonds is 6. The Labute approximate surface area is 152 Å². The summed E-state index contributed by atoms with van der Waals surface area (Å²) in [6, 6.07) is 7.99. The van der Waals surface area contributed by atoms with Gasteiger partial charge in [0, 0.05) is 34.6 Å². The van der Waals surface area contributed by atoms with Crippen molar-refractivity contribution in [2.75, 3.05) is 0 Å². The van der Waals surface area contributed by atoms with Gasteiger partial charge in [-0.25, -0.2) is 4.98 Å². The third kappa shape index (κ3) is 3.15. The molecule has 0 radical (unpaired) electrons. The minimum Gasteiger partial charge on any atom is -0.280 e. The lowest BCUT2D eigenvalue weighted by Gasteiger charge is -2.12. The summed E-state index contributed by atoms with van der Waals surface area (Å²) >= 11 is 0. The summed E-state index contributed by atoms with van der Waals surface area (Å²) in [5.41, 5.74) is 6.77. The van der Waals surface area contributed by atoms with Crippen molar-refractivity contribution in [1.82, 2.24) is 15.2 Å². The fourth-order valence-corrected chi connectivity index (χ4v) is 2.69. The van der Waals surface area contributed by atoms with Gasteiger partial charge >= 0.3 is 0 Å². The Morgan fingerprint density at radius 1 is 1.15 bits per heavy atom. The Morgan fingerprint density at radius 3 is 2.69 bits per heavy atom. The molecule has 0 bridgehead atoms. The Morgan fingerprint density at radius 2 is 1.96 bits per heavy atom. The molecule has 0 aliphatic heterocycles. The topological polar surface area (TPSA) is 66.3 Å². The number of H-pyrrole nitrogens is 1. The Hall–Kier alpha value is -3.60. The van der Waals surface area contributed by atoms with Gasteiger partial charge in [-0.05, 0) is 61.3 Å². The van der Waals surface area contributed by atoms with E-state index in [1.807, 2.05) is 31.3 Å². The maximum absolute atomic E-state index is 4.42. The van der Waals surface area contributed by atoms with E-state index in [0.29, 0.717) is 5.65 Å². The van der Waals surface area contributed by atoms with Crippen LogP contribution < -0.4 is 0 Å². The van der Waals surface area contributed by atoms with Crippen molar-refractivity contribution in [3.63, 3.8) is 0 Å². The van der Waals surface area contributed by atoms with Crippen molar-refractivity contribution in [2.24, 2.45) is 9.98 Å². The second-order valence-corrected chi connectivity index (χ2v) is 5.84. The monoisotopic (exact) mass is 341 g/mol. The molecule has 3 aromatic rings. The van der Waals surface area contributed by atoms with E-state index in [1.165, 1.54) is 0 Å². The molecule has 0 atom stereocenters. The molecule has 5 heteroatoms. The summed E-state index contributed by atoms with van der Waals surface area (Å²) < 4.78 is 0. The largest absolute Gasteiger partial charge is 0.280 e. The highest BCUT2D eigenvalue weighted by atomic mass is 15.1. The lowest BCUT2D eigenvalue weighted by atomic mass is 9.95. The molecule has 2 heterocycles. The number of aromatic nitrogens is 3. The molecular weight excluding hydrogens is 322 g/mol. The molecule has 26 heavy (non-hydrogen) atoms. The number of nitrogens with zero attached hydrogens (tertiary/aromatic N) is 4. The smallest absolute Gasteiger partial charge is 0.181 e. The highest BCUT2D eigenvalue weighted by Gasteiger charge is 2.11. The first-order valence-corrected chi connectivity index (χ1v) is 7.98. The molecule has 128 valence electrons. The van der Waals surface area contributed by atoms with Gasteiger partial charge in [-0.3, -0.25) is 15.1 Å². The van der Waals surface area contributed by atoms with E-state index in [-0.39, 0.29) is 0 Å². The van der Waals surface area contributed by atoms with Crippen molar-refractivity contribution in [3.05, 3.63) is 72.7 Å². The highest BCUT2D eigenvalue weighted by Crippen LogP contribution is 2.34. The predicted octanol–water partition coefficient (Wildman–Crippen LogP) is 5.05. The molecule has 0 aliphatic rings. The number of aliphatic imine (C=N–C) groups is 2. The summed E-state index contributed by atoms with van der Waals surface area (Å²) in [5.74, 6) is 0. The predicted molar refractivity (Wildman–Crippen MR) is 110 cm³/mol. The molecule has 1 aromatic carbocycles. The van der Waals surface area contributed by atoms with Crippen LogP contribution in [-0.2, 0) is 0 Å². The minimum absolute atomic E-state index is 0.704. The van der Waals surface area contributed by atoms with Gasteiger partial charge in [0.15, 0.2) is 5.65 Å². The third-order valence-corrected chi connectivity index (χ3v) is 4.19. The first-order chi connectivity index (χ1) is 12.5. The zero-order valence-corrected chi connectivity index (χ0v) is 14.7. The number of fused-ring (bicyclic) bond motifs is 1. The van der Waals surface area contributed by atoms with Crippen LogP contribution in [-0.4, -0.2) is 28.6 Å². The normalized spacial score (nSPS) is 11.0. The number of nitrogens with one attached hydrogen (secondary N) is 1. The molecule has 0 saturated heterocycles. The van der Waals surface area contributed by atoms with E-state index in [1.54, 1.807) is 12.3 Å². The van der Waals surface area contributed by atoms with E-state index >= 15 is 0 Å². The highest BCUT2D eigenvalue weighted by molar-refractivity contribution is 5.89. The van der Waals surface area contributed by atoms with Crippen molar-refractivity contribution < 1.29 is 0 Å². The van der Waals surface area contributed by atoms with Gasteiger partial charge < -0.3 is 0 Å². The summed E-state index contributed by atoms with van der Waals surface area (Å²) in [6.07, 6.45) is 5.15. The van der Waals surface area contributed by atoms with E-state index < -0.39 is 0 Å². The van der Waals surface area contributed by atoms with Gasteiger partial charge in [-0.15, -0.1) is 0 Å². The van der Waals surface area contributed by atoms with E-state index in [0.717, 1.165) is 44.6 Å². The Balaban J connectivity index is 2.08. The first kappa shape index (κ1) is 17.2. The van der Waals surface area contributed by atoms with Crippen molar-refractivity contribution in [1.29, 1.82) is 0 Å². The van der Waals surface area contributed by atoms with Gasteiger partial charge in [-0.2, -0.15) is 5.10 Å². The molecule has 2 aromatic heterocycles. The molecular formula is C21H19N5. The Bertz CT molecular complexity index is 1070. The van der Waals surface area contributed by atoms with Crippen LogP contribution in [0.1, 0.15) is 11.3 Å². The zero-order chi connectivity index (χ0) is 18.7. The fourth-order valence-electron chi connectivity index (χ4n) is 2.69. The second-order valence-electron chi connectivity index (χ2n) is 5.84. The van der Waals surface area contributed by atoms with Crippen molar-refractivity contribution >= 4 is 35.7 Å². The summed E-state index contributed by atoms with van der Waals surface area (Å²) in [4.78, 5) is 12.2. The Kier molecular flexibility index (Phi) is 4.71. The molecule has 0 unspecified atom stereocenters. The van der Waals surface area contributed by atoms with Crippen LogP contribution in [0.25, 0.3) is 27.7 Å². The van der Waals surface area contributed by atoms with Gasteiger partial charge in [-0.1, -0.05) is 19.2 Å². The maximum Gasteiger partial charge on any atom is 0.181 e. The average molecular weight is 341 g/mol. The van der Waals surface area contributed by atoms with Crippen molar-refractivity contribution in [2.45, 2.75) is 6.92 Å². The molecule has 0 fully saturated rings.